The molecule has 16 heavy (non-hydrogen) atoms. The Morgan fingerprint density at radius 1 is 1.19 bits per heavy atom. The molecule has 0 bridgehead atoms. The maximum absolute atomic E-state index is 6.35. The minimum absolute atomic E-state index is 0.224. The average Bonchev–Trinajstić information content (AvgIpc) is 2.98. The Labute approximate surface area is 95.8 Å². The van der Waals surface area contributed by atoms with E-state index < -0.39 is 0 Å². The molecule has 0 saturated heterocycles. The molecule has 1 saturated carbocycles. The molecule has 1 fully saturated rings. The molecule has 1 atom stereocenters. The van der Waals surface area contributed by atoms with Gasteiger partial charge in [-0.05, 0) is 47.9 Å². The molecule has 0 aliphatic heterocycles. The lowest BCUT2D eigenvalue weighted by Crippen LogP contribution is -2.18. The van der Waals surface area contributed by atoms with Crippen LogP contribution in [-0.2, 0) is 0 Å². The lowest BCUT2D eigenvalue weighted by Gasteiger charge is -2.19. The minimum Gasteiger partial charge on any atom is -0.361 e. The highest BCUT2D eigenvalue weighted by Crippen LogP contribution is 2.34. The third-order valence-electron chi connectivity index (χ3n) is 3.87. The Balaban J connectivity index is 1.91. The summed E-state index contributed by atoms with van der Waals surface area (Å²) in [7, 11) is 0. The minimum atomic E-state index is 0.224. The van der Waals surface area contributed by atoms with Crippen LogP contribution in [0.4, 0.5) is 0 Å². The highest BCUT2D eigenvalue weighted by Gasteiger charge is 2.23. The van der Waals surface area contributed by atoms with Gasteiger partial charge in [-0.2, -0.15) is 0 Å². The molecular weight excluding hydrogens is 196 g/mol. The Bertz CT molecular complexity index is 480. The SMILES string of the molecule is N[C@@H](c1ccc2[nH]ccc2c1)C1CCCC1. The second-order valence-corrected chi connectivity index (χ2v) is 4.89. The molecule has 0 radical (unpaired) electrons. The monoisotopic (exact) mass is 214 g/mol. The smallest absolute Gasteiger partial charge is 0.0454 e. The number of nitrogens with one attached hydrogen (secondary N) is 1. The van der Waals surface area contributed by atoms with E-state index in [-0.39, 0.29) is 6.04 Å². The van der Waals surface area contributed by atoms with Crippen LogP contribution in [0.5, 0.6) is 0 Å². The van der Waals surface area contributed by atoms with Gasteiger partial charge in [0, 0.05) is 17.8 Å². The predicted octanol–water partition coefficient (Wildman–Crippen LogP) is 3.36. The summed E-state index contributed by atoms with van der Waals surface area (Å²) >= 11 is 0. The molecule has 0 amide bonds. The van der Waals surface area contributed by atoms with Gasteiger partial charge >= 0.3 is 0 Å². The standard InChI is InChI=1S/C14H18N2/c15-14(10-3-1-2-4-10)12-5-6-13-11(9-12)7-8-16-13/h5-10,14,16H,1-4,15H2/t14-/m1/s1. The van der Waals surface area contributed by atoms with E-state index in [4.69, 9.17) is 5.73 Å². The zero-order valence-electron chi connectivity index (χ0n) is 9.45. The molecule has 0 unspecified atom stereocenters. The summed E-state index contributed by atoms with van der Waals surface area (Å²) in [6.45, 7) is 0. The Morgan fingerprint density at radius 3 is 2.81 bits per heavy atom. The summed E-state index contributed by atoms with van der Waals surface area (Å²) in [5, 5.41) is 1.27. The molecule has 3 rings (SSSR count). The first-order chi connectivity index (χ1) is 7.84. The predicted molar refractivity (Wildman–Crippen MR) is 67.2 cm³/mol. The quantitative estimate of drug-likeness (QED) is 0.790. The second kappa shape index (κ2) is 3.95. The fraction of sp³-hybridized carbons (Fsp3) is 0.429. The third kappa shape index (κ3) is 1.63. The zero-order valence-corrected chi connectivity index (χ0v) is 9.45. The summed E-state index contributed by atoms with van der Waals surface area (Å²) in [6, 6.07) is 8.87. The number of hydrogen-bond donors (Lipinski definition) is 2. The van der Waals surface area contributed by atoms with Gasteiger partial charge in [0.25, 0.3) is 0 Å². The first-order valence-corrected chi connectivity index (χ1v) is 6.17. The van der Waals surface area contributed by atoms with Crippen LogP contribution < -0.4 is 5.73 Å². The van der Waals surface area contributed by atoms with Gasteiger partial charge in [-0.1, -0.05) is 18.9 Å². The van der Waals surface area contributed by atoms with Crippen LogP contribution >= 0.6 is 0 Å². The van der Waals surface area contributed by atoms with Crippen molar-refractivity contribution in [3.63, 3.8) is 0 Å². The molecule has 1 heterocycles. The fourth-order valence-corrected chi connectivity index (χ4v) is 2.87. The lowest BCUT2D eigenvalue weighted by molar-refractivity contribution is 0.445. The van der Waals surface area contributed by atoms with Gasteiger partial charge in [0.05, 0.1) is 0 Å². The van der Waals surface area contributed by atoms with Crippen LogP contribution in [0.25, 0.3) is 10.9 Å². The number of benzene rings is 1. The molecule has 1 aliphatic carbocycles. The van der Waals surface area contributed by atoms with Gasteiger partial charge in [0.1, 0.15) is 0 Å². The molecule has 1 aliphatic rings. The highest BCUT2D eigenvalue weighted by atomic mass is 14.7. The number of rotatable bonds is 2. The van der Waals surface area contributed by atoms with Crippen LogP contribution in [0.2, 0.25) is 0 Å². The topological polar surface area (TPSA) is 41.8 Å². The summed E-state index contributed by atoms with van der Waals surface area (Å²) in [5.74, 6) is 0.691. The van der Waals surface area contributed by atoms with Crippen LogP contribution in [0.1, 0.15) is 37.3 Å². The lowest BCUT2D eigenvalue weighted by atomic mass is 9.92. The Hall–Kier alpha value is -1.28. The number of aromatic nitrogens is 1. The Kier molecular flexibility index (Phi) is 2.44. The van der Waals surface area contributed by atoms with Crippen molar-refractivity contribution in [2.45, 2.75) is 31.7 Å². The van der Waals surface area contributed by atoms with E-state index >= 15 is 0 Å². The largest absolute Gasteiger partial charge is 0.361 e. The molecule has 1 aromatic carbocycles. The number of aromatic amines is 1. The molecule has 2 aromatic rings. The third-order valence-corrected chi connectivity index (χ3v) is 3.87. The van der Waals surface area contributed by atoms with Crippen LogP contribution in [0, 0.1) is 5.92 Å². The fourth-order valence-electron chi connectivity index (χ4n) is 2.87. The molecule has 0 spiro atoms. The normalized spacial score (nSPS) is 19.3. The van der Waals surface area contributed by atoms with Gasteiger partial charge in [-0.15, -0.1) is 0 Å². The van der Waals surface area contributed by atoms with E-state index in [0.717, 1.165) is 0 Å². The van der Waals surface area contributed by atoms with E-state index in [2.05, 4.69) is 29.2 Å². The first kappa shape index (κ1) is 9.91. The summed E-state index contributed by atoms with van der Waals surface area (Å²) < 4.78 is 0. The molecule has 1 aromatic heterocycles. The summed E-state index contributed by atoms with van der Waals surface area (Å²) in [5.41, 5.74) is 8.84. The second-order valence-electron chi connectivity index (χ2n) is 4.89. The van der Waals surface area contributed by atoms with Gasteiger partial charge in [0.15, 0.2) is 0 Å². The van der Waals surface area contributed by atoms with Crippen molar-refractivity contribution in [2.24, 2.45) is 11.7 Å². The number of fused-ring (bicyclic) bond motifs is 1. The van der Waals surface area contributed by atoms with Crippen molar-refractivity contribution < 1.29 is 0 Å². The van der Waals surface area contributed by atoms with Crippen LogP contribution in [0.3, 0.4) is 0 Å². The van der Waals surface area contributed by atoms with Crippen molar-refractivity contribution >= 4 is 10.9 Å². The average molecular weight is 214 g/mol. The van der Waals surface area contributed by atoms with Gasteiger partial charge in [-0.3, -0.25) is 0 Å². The van der Waals surface area contributed by atoms with E-state index in [1.165, 1.54) is 42.1 Å². The van der Waals surface area contributed by atoms with Crippen LogP contribution in [-0.4, -0.2) is 4.98 Å². The van der Waals surface area contributed by atoms with E-state index in [1.807, 2.05) is 6.20 Å². The van der Waals surface area contributed by atoms with Crippen LogP contribution in [0.15, 0.2) is 30.5 Å². The summed E-state index contributed by atoms with van der Waals surface area (Å²) in [6.07, 6.45) is 7.28. The molecular formula is C14H18N2. The van der Waals surface area contributed by atoms with Crippen molar-refractivity contribution in [3.05, 3.63) is 36.0 Å². The van der Waals surface area contributed by atoms with E-state index in [1.54, 1.807) is 0 Å². The van der Waals surface area contributed by atoms with Crippen molar-refractivity contribution in [1.82, 2.24) is 4.98 Å². The van der Waals surface area contributed by atoms with Gasteiger partial charge in [-0.25, -0.2) is 0 Å². The number of nitrogens with two attached hydrogens (primary N) is 1. The van der Waals surface area contributed by atoms with Gasteiger partial charge in [0.2, 0.25) is 0 Å². The van der Waals surface area contributed by atoms with Crippen molar-refractivity contribution in [2.75, 3.05) is 0 Å². The molecule has 84 valence electrons. The summed E-state index contributed by atoms with van der Waals surface area (Å²) in [4.78, 5) is 3.21. The van der Waals surface area contributed by atoms with Crippen molar-refractivity contribution in [3.8, 4) is 0 Å². The maximum Gasteiger partial charge on any atom is 0.0454 e. The Morgan fingerprint density at radius 2 is 2.00 bits per heavy atom. The van der Waals surface area contributed by atoms with Gasteiger partial charge < -0.3 is 10.7 Å². The molecule has 2 heteroatoms. The van der Waals surface area contributed by atoms with E-state index in [9.17, 15) is 0 Å². The first-order valence-electron chi connectivity index (χ1n) is 6.17. The van der Waals surface area contributed by atoms with Crippen molar-refractivity contribution in [1.29, 1.82) is 0 Å². The van der Waals surface area contributed by atoms with E-state index in [0.29, 0.717) is 5.92 Å². The maximum atomic E-state index is 6.35. The highest BCUT2D eigenvalue weighted by molar-refractivity contribution is 5.80. The molecule has 2 nitrogen and oxygen atoms in total. The number of H-pyrrole nitrogens is 1. The number of hydrogen-bond acceptors (Lipinski definition) is 1. The molecule has 3 N–H and O–H groups in total. The zero-order chi connectivity index (χ0) is 11.0.